The number of hydrogen-bond acceptors (Lipinski definition) is 2. The van der Waals surface area contributed by atoms with Crippen molar-refractivity contribution < 1.29 is 0 Å². The first-order chi connectivity index (χ1) is 5.70. The Labute approximate surface area is 73.3 Å². The molecule has 64 valence electrons. The summed E-state index contributed by atoms with van der Waals surface area (Å²) >= 11 is 0. The molecule has 0 N–H and O–H groups in total. The van der Waals surface area contributed by atoms with Crippen LogP contribution in [0.15, 0.2) is 29.2 Å². The molecule has 0 aromatic heterocycles. The first-order valence-corrected chi connectivity index (χ1v) is 4.37. The molecular formula is C10H14N2. The molecule has 2 nitrogen and oxygen atoms in total. The van der Waals surface area contributed by atoms with E-state index < -0.39 is 0 Å². The van der Waals surface area contributed by atoms with Crippen molar-refractivity contribution in [2.45, 2.75) is 26.8 Å². The second kappa shape index (κ2) is 2.47. The van der Waals surface area contributed by atoms with Crippen LogP contribution < -0.4 is 0 Å². The largest absolute Gasteiger partial charge is 0.344 e. The van der Waals surface area contributed by atoms with Gasteiger partial charge < -0.3 is 4.90 Å². The van der Waals surface area contributed by atoms with Gasteiger partial charge in [0, 0.05) is 30.2 Å². The maximum Gasteiger partial charge on any atom is 0.0772 e. The van der Waals surface area contributed by atoms with Crippen molar-refractivity contribution >= 4 is 5.71 Å². The molecule has 2 aliphatic heterocycles. The highest BCUT2D eigenvalue weighted by molar-refractivity contribution is 5.89. The van der Waals surface area contributed by atoms with E-state index in [2.05, 4.69) is 36.9 Å². The molecule has 12 heavy (non-hydrogen) atoms. The average Bonchev–Trinajstić information content (AvgIpc) is 2.29. The van der Waals surface area contributed by atoms with Gasteiger partial charge >= 0.3 is 0 Å². The topological polar surface area (TPSA) is 15.6 Å². The number of hydrogen-bond donors (Lipinski definition) is 0. The molecule has 2 atom stereocenters. The predicted molar refractivity (Wildman–Crippen MR) is 50.8 cm³/mol. The highest BCUT2D eigenvalue weighted by Gasteiger charge is 2.31. The van der Waals surface area contributed by atoms with Crippen molar-refractivity contribution in [2.75, 3.05) is 0 Å². The summed E-state index contributed by atoms with van der Waals surface area (Å²) in [5.41, 5.74) is 2.67. The molecule has 2 heterocycles. The van der Waals surface area contributed by atoms with Crippen LogP contribution in [-0.4, -0.2) is 16.7 Å². The third-order valence-corrected chi connectivity index (χ3v) is 2.81. The maximum absolute atomic E-state index is 4.32. The SMILES string of the molecule is CC1=CN2C=CN=C(C)C2C1C. The van der Waals surface area contributed by atoms with E-state index in [1.54, 1.807) is 0 Å². The Bertz CT molecular complexity index is 286. The van der Waals surface area contributed by atoms with Crippen molar-refractivity contribution in [3.05, 3.63) is 24.2 Å². The molecule has 0 radical (unpaired) electrons. The lowest BCUT2D eigenvalue weighted by Crippen LogP contribution is -2.35. The van der Waals surface area contributed by atoms with Gasteiger partial charge in [0.05, 0.1) is 6.04 Å². The Kier molecular flexibility index (Phi) is 1.56. The van der Waals surface area contributed by atoms with E-state index >= 15 is 0 Å². The van der Waals surface area contributed by atoms with Gasteiger partial charge in [0.15, 0.2) is 0 Å². The van der Waals surface area contributed by atoms with Gasteiger partial charge in [-0.1, -0.05) is 12.5 Å². The van der Waals surface area contributed by atoms with Crippen LogP contribution in [0, 0.1) is 5.92 Å². The van der Waals surface area contributed by atoms with E-state index in [1.165, 1.54) is 11.3 Å². The van der Waals surface area contributed by atoms with Crippen molar-refractivity contribution in [3.63, 3.8) is 0 Å². The standard InChI is InChI=1S/C10H14N2/c1-7-6-12-5-4-11-9(3)10(12)8(7)2/h4-6,8,10H,1-3H3. The van der Waals surface area contributed by atoms with Crippen molar-refractivity contribution in [1.29, 1.82) is 0 Å². The molecule has 0 aromatic rings. The molecule has 2 unspecified atom stereocenters. The fraction of sp³-hybridized carbons (Fsp3) is 0.500. The van der Waals surface area contributed by atoms with Crippen molar-refractivity contribution in [1.82, 2.24) is 4.90 Å². The quantitative estimate of drug-likeness (QED) is 0.533. The molecule has 0 saturated carbocycles. The summed E-state index contributed by atoms with van der Waals surface area (Å²) in [6.07, 6.45) is 6.13. The third-order valence-electron chi connectivity index (χ3n) is 2.81. The predicted octanol–water partition coefficient (Wildman–Crippen LogP) is 2.16. The Morgan fingerprint density at radius 2 is 2.17 bits per heavy atom. The Hall–Kier alpha value is -1.05. The van der Waals surface area contributed by atoms with Gasteiger partial charge in [-0.15, -0.1) is 0 Å². The van der Waals surface area contributed by atoms with Gasteiger partial charge in [0.2, 0.25) is 0 Å². The highest BCUT2D eigenvalue weighted by atomic mass is 15.2. The zero-order valence-corrected chi connectivity index (χ0v) is 7.78. The zero-order chi connectivity index (χ0) is 8.72. The van der Waals surface area contributed by atoms with E-state index in [0.717, 1.165) is 0 Å². The molecule has 0 saturated heterocycles. The molecule has 0 aromatic carbocycles. The van der Waals surface area contributed by atoms with Gasteiger partial charge in [0.25, 0.3) is 0 Å². The number of fused-ring (bicyclic) bond motifs is 1. The van der Waals surface area contributed by atoms with E-state index in [0.29, 0.717) is 12.0 Å². The normalized spacial score (nSPS) is 33.1. The third kappa shape index (κ3) is 0.909. The van der Waals surface area contributed by atoms with Crippen LogP contribution in [0.4, 0.5) is 0 Å². The van der Waals surface area contributed by atoms with Crippen LogP contribution in [0.2, 0.25) is 0 Å². The summed E-state index contributed by atoms with van der Waals surface area (Å²) in [5.74, 6) is 0.610. The second-order valence-electron chi connectivity index (χ2n) is 3.62. The van der Waals surface area contributed by atoms with E-state index in [1.807, 2.05) is 12.4 Å². The first-order valence-electron chi connectivity index (χ1n) is 4.37. The Balaban J connectivity index is 2.34. The van der Waals surface area contributed by atoms with Gasteiger partial charge in [-0.25, -0.2) is 0 Å². The number of aliphatic imine (C=N–C) groups is 1. The minimum absolute atomic E-state index is 0.481. The lowest BCUT2D eigenvalue weighted by atomic mass is 9.94. The van der Waals surface area contributed by atoms with E-state index in [-0.39, 0.29) is 0 Å². The Morgan fingerprint density at radius 3 is 2.83 bits per heavy atom. The van der Waals surface area contributed by atoms with Gasteiger partial charge in [0.1, 0.15) is 0 Å². The molecule has 2 rings (SSSR count). The minimum atomic E-state index is 0.481. The van der Waals surface area contributed by atoms with Crippen molar-refractivity contribution in [2.24, 2.45) is 10.9 Å². The lowest BCUT2D eigenvalue weighted by Gasteiger charge is -2.27. The summed E-state index contributed by atoms with van der Waals surface area (Å²) in [6.45, 7) is 6.54. The molecule has 0 amide bonds. The molecule has 0 aliphatic carbocycles. The Morgan fingerprint density at radius 1 is 1.42 bits per heavy atom. The highest BCUT2D eigenvalue weighted by Crippen LogP contribution is 2.30. The molecule has 2 aliphatic rings. The fourth-order valence-corrected chi connectivity index (χ4v) is 1.96. The molecule has 0 fully saturated rings. The molecule has 0 spiro atoms. The summed E-state index contributed by atoms with van der Waals surface area (Å²) in [4.78, 5) is 6.57. The van der Waals surface area contributed by atoms with Crippen LogP contribution >= 0.6 is 0 Å². The van der Waals surface area contributed by atoms with Crippen molar-refractivity contribution in [3.8, 4) is 0 Å². The van der Waals surface area contributed by atoms with Crippen LogP contribution in [0.25, 0.3) is 0 Å². The molecular weight excluding hydrogens is 148 g/mol. The van der Waals surface area contributed by atoms with Crippen LogP contribution in [0.1, 0.15) is 20.8 Å². The van der Waals surface area contributed by atoms with E-state index in [9.17, 15) is 0 Å². The summed E-state index contributed by atoms with van der Waals surface area (Å²) in [5, 5.41) is 0. The maximum atomic E-state index is 4.32. The average molecular weight is 162 g/mol. The van der Waals surface area contributed by atoms with E-state index in [4.69, 9.17) is 0 Å². The number of nitrogens with zero attached hydrogens (tertiary/aromatic N) is 2. The minimum Gasteiger partial charge on any atom is -0.344 e. The van der Waals surface area contributed by atoms with Gasteiger partial charge in [-0.3, -0.25) is 4.99 Å². The lowest BCUT2D eigenvalue weighted by molar-refractivity contribution is 0.414. The van der Waals surface area contributed by atoms with Gasteiger partial charge in [-0.2, -0.15) is 0 Å². The molecule has 0 bridgehead atoms. The summed E-state index contributed by atoms with van der Waals surface area (Å²) in [7, 11) is 0. The molecule has 2 heteroatoms. The van der Waals surface area contributed by atoms with Gasteiger partial charge in [-0.05, 0) is 13.8 Å². The zero-order valence-electron chi connectivity index (χ0n) is 7.78. The first kappa shape index (κ1) is 7.59. The summed E-state index contributed by atoms with van der Waals surface area (Å²) < 4.78 is 0. The fourth-order valence-electron chi connectivity index (χ4n) is 1.96. The second-order valence-corrected chi connectivity index (χ2v) is 3.62. The summed E-state index contributed by atoms with van der Waals surface area (Å²) in [6, 6.07) is 0.481. The van der Waals surface area contributed by atoms with Crippen LogP contribution in [-0.2, 0) is 0 Å². The van der Waals surface area contributed by atoms with Crippen LogP contribution in [0.3, 0.4) is 0 Å². The van der Waals surface area contributed by atoms with Crippen LogP contribution in [0.5, 0.6) is 0 Å². The number of rotatable bonds is 0. The monoisotopic (exact) mass is 162 g/mol. The smallest absolute Gasteiger partial charge is 0.0772 e.